The van der Waals surface area contributed by atoms with Crippen LogP contribution in [-0.4, -0.2) is 61.1 Å². The molecule has 18 heavy (non-hydrogen) atoms. The summed E-state index contributed by atoms with van der Waals surface area (Å²) in [5, 5.41) is 0. The van der Waals surface area contributed by atoms with Gasteiger partial charge in [-0.3, -0.25) is 9.80 Å². The molecule has 0 aromatic carbocycles. The molecular weight excluding hydrogens is 228 g/mol. The van der Waals surface area contributed by atoms with E-state index in [9.17, 15) is 9.59 Å². The molecule has 0 aromatic heterocycles. The molecule has 0 amide bonds. The highest BCUT2D eigenvalue weighted by molar-refractivity contribution is 5.57. The summed E-state index contributed by atoms with van der Waals surface area (Å²) in [6.07, 6.45) is 7.58. The average molecular weight is 254 g/mol. The molecule has 4 nitrogen and oxygen atoms in total. The summed E-state index contributed by atoms with van der Waals surface area (Å²) in [6.45, 7) is 6.62. The number of rotatable bonds is 9. The van der Waals surface area contributed by atoms with Crippen LogP contribution in [0.3, 0.4) is 0 Å². The van der Waals surface area contributed by atoms with E-state index in [2.05, 4.69) is 16.7 Å². The number of aldehydes is 2. The Morgan fingerprint density at radius 3 is 2.78 bits per heavy atom. The van der Waals surface area contributed by atoms with Crippen molar-refractivity contribution in [3.8, 4) is 0 Å². The van der Waals surface area contributed by atoms with Gasteiger partial charge in [0.2, 0.25) is 0 Å². The highest BCUT2D eigenvalue weighted by atomic mass is 16.1. The van der Waals surface area contributed by atoms with Crippen LogP contribution in [-0.2, 0) is 9.59 Å². The minimum absolute atomic E-state index is 0.129. The lowest BCUT2D eigenvalue weighted by Gasteiger charge is -2.32. The van der Waals surface area contributed by atoms with Gasteiger partial charge in [0.25, 0.3) is 0 Å². The van der Waals surface area contributed by atoms with Gasteiger partial charge in [-0.2, -0.15) is 0 Å². The number of carbonyl (C=O) groups excluding carboxylic acids is 2. The number of nitrogens with zero attached hydrogens (tertiary/aromatic N) is 2. The van der Waals surface area contributed by atoms with Crippen LogP contribution in [0.25, 0.3) is 0 Å². The summed E-state index contributed by atoms with van der Waals surface area (Å²) in [6, 6.07) is 0.129. The maximum Gasteiger partial charge on any atom is 0.137 e. The second kappa shape index (κ2) is 9.22. The minimum atomic E-state index is 0.129. The minimum Gasteiger partial charge on any atom is -0.302 e. The first-order valence-electron chi connectivity index (χ1n) is 7.17. The summed E-state index contributed by atoms with van der Waals surface area (Å²) in [7, 11) is 0. The molecule has 1 aliphatic heterocycles. The fraction of sp³-hybridized carbons (Fsp3) is 0.857. The fourth-order valence-corrected chi connectivity index (χ4v) is 2.66. The number of hydrogen-bond donors (Lipinski definition) is 0. The van der Waals surface area contributed by atoms with Gasteiger partial charge < -0.3 is 9.59 Å². The third-order valence-electron chi connectivity index (χ3n) is 3.61. The highest BCUT2D eigenvalue weighted by Crippen LogP contribution is 2.15. The first kappa shape index (κ1) is 15.3. The van der Waals surface area contributed by atoms with Crippen LogP contribution in [0.1, 0.15) is 39.0 Å². The summed E-state index contributed by atoms with van der Waals surface area (Å²) in [4.78, 5) is 26.0. The zero-order valence-electron chi connectivity index (χ0n) is 11.5. The van der Waals surface area contributed by atoms with Gasteiger partial charge in [-0.1, -0.05) is 13.3 Å². The Balaban J connectivity index is 2.25. The summed E-state index contributed by atoms with van der Waals surface area (Å²) < 4.78 is 0. The molecule has 1 atom stereocenters. The van der Waals surface area contributed by atoms with Crippen LogP contribution < -0.4 is 0 Å². The van der Waals surface area contributed by atoms with E-state index >= 15 is 0 Å². The molecule has 0 unspecified atom stereocenters. The standard InChI is InChI=1S/C14H26N2O2/c1-2-7-15(11-12-17)8-5-10-16-9-4-3-6-14(16)13-18/h12-14H,2-11H2,1H3/t14-/m1/s1. The molecule has 0 bridgehead atoms. The first-order valence-corrected chi connectivity index (χ1v) is 7.17. The van der Waals surface area contributed by atoms with Crippen molar-refractivity contribution in [3.05, 3.63) is 0 Å². The summed E-state index contributed by atoms with van der Waals surface area (Å²) in [5.74, 6) is 0. The van der Waals surface area contributed by atoms with Crippen LogP contribution in [0.2, 0.25) is 0 Å². The van der Waals surface area contributed by atoms with Crippen molar-refractivity contribution < 1.29 is 9.59 Å². The lowest BCUT2D eigenvalue weighted by Crippen LogP contribution is -2.42. The van der Waals surface area contributed by atoms with E-state index in [1.165, 1.54) is 12.8 Å². The predicted octanol–water partition coefficient (Wildman–Crippen LogP) is 1.34. The third kappa shape index (κ3) is 5.27. The maximum atomic E-state index is 11.0. The molecular formula is C14H26N2O2. The zero-order valence-corrected chi connectivity index (χ0v) is 11.5. The molecule has 0 spiro atoms. The lowest BCUT2D eigenvalue weighted by molar-refractivity contribution is -0.113. The monoisotopic (exact) mass is 254 g/mol. The van der Waals surface area contributed by atoms with E-state index in [0.29, 0.717) is 6.54 Å². The van der Waals surface area contributed by atoms with E-state index in [-0.39, 0.29) is 6.04 Å². The highest BCUT2D eigenvalue weighted by Gasteiger charge is 2.21. The van der Waals surface area contributed by atoms with Gasteiger partial charge in [0.15, 0.2) is 0 Å². The summed E-state index contributed by atoms with van der Waals surface area (Å²) in [5.41, 5.74) is 0. The van der Waals surface area contributed by atoms with Crippen molar-refractivity contribution in [3.63, 3.8) is 0 Å². The molecule has 1 heterocycles. The van der Waals surface area contributed by atoms with Gasteiger partial charge in [0, 0.05) is 6.54 Å². The predicted molar refractivity (Wildman–Crippen MR) is 72.7 cm³/mol. The van der Waals surface area contributed by atoms with Gasteiger partial charge in [0.1, 0.15) is 12.6 Å². The molecule has 0 aromatic rings. The number of piperidine rings is 1. The Morgan fingerprint density at radius 1 is 1.28 bits per heavy atom. The number of hydrogen-bond acceptors (Lipinski definition) is 4. The maximum absolute atomic E-state index is 11.0. The normalized spacial score (nSPS) is 21.1. The van der Waals surface area contributed by atoms with Crippen molar-refractivity contribution in [2.45, 2.75) is 45.1 Å². The van der Waals surface area contributed by atoms with Crippen molar-refractivity contribution in [2.75, 3.05) is 32.7 Å². The molecule has 4 heteroatoms. The first-order chi connectivity index (χ1) is 8.81. The van der Waals surface area contributed by atoms with Crippen LogP contribution in [0.4, 0.5) is 0 Å². The van der Waals surface area contributed by atoms with E-state index in [1.807, 2.05) is 0 Å². The molecule has 1 saturated heterocycles. The van der Waals surface area contributed by atoms with Gasteiger partial charge in [-0.15, -0.1) is 0 Å². The molecule has 0 aliphatic carbocycles. The molecule has 1 aliphatic rings. The Kier molecular flexibility index (Phi) is 7.85. The quantitative estimate of drug-likeness (QED) is 0.582. The lowest BCUT2D eigenvalue weighted by atomic mass is 10.0. The van der Waals surface area contributed by atoms with Crippen molar-refractivity contribution in [2.24, 2.45) is 0 Å². The van der Waals surface area contributed by atoms with Crippen LogP contribution in [0, 0.1) is 0 Å². The van der Waals surface area contributed by atoms with E-state index in [1.54, 1.807) is 0 Å². The van der Waals surface area contributed by atoms with Gasteiger partial charge >= 0.3 is 0 Å². The second-order valence-electron chi connectivity index (χ2n) is 5.06. The zero-order chi connectivity index (χ0) is 13.2. The number of carbonyl (C=O) groups is 2. The topological polar surface area (TPSA) is 40.6 Å². The second-order valence-corrected chi connectivity index (χ2v) is 5.06. The van der Waals surface area contributed by atoms with Gasteiger partial charge in [-0.25, -0.2) is 0 Å². The Bertz CT molecular complexity index is 246. The molecule has 0 saturated carbocycles. The Labute approximate surface area is 110 Å². The van der Waals surface area contributed by atoms with Crippen LogP contribution in [0.5, 0.6) is 0 Å². The summed E-state index contributed by atoms with van der Waals surface area (Å²) >= 11 is 0. The van der Waals surface area contributed by atoms with Crippen molar-refractivity contribution in [1.82, 2.24) is 9.80 Å². The molecule has 104 valence electrons. The Morgan fingerprint density at radius 2 is 2.11 bits per heavy atom. The van der Waals surface area contributed by atoms with E-state index in [4.69, 9.17) is 0 Å². The molecule has 0 radical (unpaired) electrons. The van der Waals surface area contributed by atoms with Gasteiger partial charge in [-0.05, 0) is 45.3 Å². The molecule has 0 N–H and O–H groups in total. The number of likely N-dealkylation sites (tertiary alicyclic amines) is 1. The largest absolute Gasteiger partial charge is 0.302 e. The molecule has 1 fully saturated rings. The van der Waals surface area contributed by atoms with Gasteiger partial charge in [0.05, 0.1) is 12.6 Å². The smallest absolute Gasteiger partial charge is 0.137 e. The van der Waals surface area contributed by atoms with Crippen LogP contribution >= 0.6 is 0 Å². The van der Waals surface area contributed by atoms with E-state index < -0.39 is 0 Å². The third-order valence-corrected chi connectivity index (χ3v) is 3.61. The van der Waals surface area contributed by atoms with Crippen molar-refractivity contribution >= 4 is 12.6 Å². The SMILES string of the molecule is CCCN(CC=O)CCCN1CCCC[C@@H]1C=O. The van der Waals surface area contributed by atoms with Crippen molar-refractivity contribution in [1.29, 1.82) is 0 Å². The molecule has 1 rings (SSSR count). The van der Waals surface area contributed by atoms with E-state index in [0.717, 1.165) is 58.0 Å². The fourth-order valence-electron chi connectivity index (χ4n) is 2.66. The average Bonchev–Trinajstić information content (AvgIpc) is 2.40. The Hall–Kier alpha value is -0.740. The van der Waals surface area contributed by atoms with Crippen LogP contribution in [0.15, 0.2) is 0 Å².